The smallest absolute Gasteiger partial charge is 0.127 e. The molecule has 0 aromatic heterocycles. The molecular weight excluding hydrogens is 244 g/mol. The van der Waals surface area contributed by atoms with Crippen LogP contribution in [0.4, 0.5) is 8.78 Å². The van der Waals surface area contributed by atoms with Gasteiger partial charge in [-0.15, -0.1) is 0 Å². The van der Waals surface area contributed by atoms with Gasteiger partial charge in [0.05, 0.1) is 0 Å². The SMILES string of the molecule is CC(c1ccc(F)cc1)N(C)Cc1ccccc1F. The zero-order chi connectivity index (χ0) is 13.8. The van der Waals surface area contributed by atoms with Gasteiger partial charge in [-0.25, -0.2) is 8.78 Å². The van der Waals surface area contributed by atoms with E-state index in [0.717, 1.165) is 5.56 Å². The molecule has 100 valence electrons. The Morgan fingerprint density at radius 3 is 2.26 bits per heavy atom. The van der Waals surface area contributed by atoms with E-state index >= 15 is 0 Å². The van der Waals surface area contributed by atoms with Crippen molar-refractivity contribution in [2.45, 2.75) is 19.5 Å². The molecular formula is C16H17F2N. The standard InChI is InChI=1S/C16H17F2N/c1-12(13-7-9-15(17)10-8-13)19(2)11-14-5-3-4-6-16(14)18/h3-10,12H,11H2,1-2H3. The number of benzene rings is 2. The van der Waals surface area contributed by atoms with Crippen molar-refractivity contribution in [3.8, 4) is 0 Å². The van der Waals surface area contributed by atoms with Crippen LogP contribution in [0.5, 0.6) is 0 Å². The van der Waals surface area contributed by atoms with Crippen molar-refractivity contribution in [3.05, 3.63) is 71.3 Å². The van der Waals surface area contributed by atoms with Gasteiger partial charge in [0.1, 0.15) is 11.6 Å². The summed E-state index contributed by atoms with van der Waals surface area (Å²) < 4.78 is 26.5. The summed E-state index contributed by atoms with van der Waals surface area (Å²) in [7, 11) is 1.93. The normalized spacial score (nSPS) is 12.7. The highest BCUT2D eigenvalue weighted by molar-refractivity contribution is 5.21. The summed E-state index contributed by atoms with van der Waals surface area (Å²) in [5, 5.41) is 0. The highest BCUT2D eigenvalue weighted by Gasteiger charge is 2.13. The molecule has 2 rings (SSSR count). The van der Waals surface area contributed by atoms with Gasteiger partial charge in [-0.05, 0) is 37.7 Å². The lowest BCUT2D eigenvalue weighted by Gasteiger charge is -2.25. The van der Waals surface area contributed by atoms with Crippen molar-refractivity contribution >= 4 is 0 Å². The van der Waals surface area contributed by atoms with Crippen LogP contribution in [-0.2, 0) is 6.54 Å². The molecule has 0 amide bonds. The Bertz CT molecular complexity index is 537. The molecule has 1 unspecified atom stereocenters. The van der Waals surface area contributed by atoms with Crippen LogP contribution < -0.4 is 0 Å². The van der Waals surface area contributed by atoms with Gasteiger partial charge in [-0.3, -0.25) is 4.90 Å². The molecule has 0 saturated heterocycles. The molecule has 0 fully saturated rings. The largest absolute Gasteiger partial charge is 0.295 e. The summed E-state index contributed by atoms with van der Waals surface area (Å²) in [4.78, 5) is 2.03. The first-order valence-corrected chi connectivity index (χ1v) is 6.27. The van der Waals surface area contributed by atoms with Gasteiger partial charge in [0.25, 0.3) is 0 Å². The molecule has 0 spiro atoms. The van der Waals surface area contributed by atoms with E-state index in [0.29, 0.717) is 12.1 Å². The van der Waals surface area contributed by atoms with Crippen LogP contribution in [0.2, 0.25) is 0 Å². The lowest BCUT2D eigenvalue weighted by Crippen LogP contribution is -2.22. The van der Waals surface area contributed by atoms with Crippen LogP contribution in [0.3, 0.4) is 0 Å². The first kappa shape index (κ1) is 13.7. The van der Waals surface area contributed by atoms with Crippen molar-refractivity contribution in [1.82, 2.24) is 4.90 Å². The number of rotatable bonds is 4. The molecule has 2 aromatic carbocycles. The first-order valence-electron chi connectivity index (χ1n) is 6.27. The van der Waals surface area contributed by atoms with Crippen LogP contribution in [0, 0.1) is 11.6 Å². The maximum absolute atomic E-state index is 13.6. The van der Waals surface area contributed by atoms with Crippen molar-refractivity contribution in [1.29, 1.82) is 0 Å². The minimum atomic E-state index is -0.243. The van der Waals surface area contributed by atoms with Crippen molar-refractivity contribution in [3.63, 3.8) is 0 Å². The molecule has 0 radical (unpaired) electrons. The zero-order valence-corrected chi connectivity index (χ0v) is 11.1. The Morgan fingerprint density at radius 2 is 1.63 bits per heavy atom. The molecule has 0 aliphatic rings. The number of nitrogens with zero attached hydrogens (tertiary/aromatic N) is 1. The third-order valence-corrected chi connectivity index (χ3v) is 3.39. The number of halogens is 2. The summed E-state index contributed by atoms with van der Waals surface area (Å²) in [6, 6.07) is 13.3. The van der Waals surface area contributed by atoms with Crippen LogP contribution in [0.1, 0.15) is 24.1 Å². The molecule has 0 heterocycles. The summed E-state index contributed by atoms with van der Waals surface area (Å²) >= 11 is 0. The van der Waals surface area contributed by atoms with Crippen LogP contribution in [0.25, 0.3) is 0 Å². The molecule has 0 aliphatic heterocycles. The van der Waals surface area contributed by atoms with Gasteiger partial charge in [-0.2, -0.15) is 0 Å². The molecule has 1 nitrogen and oxygen atoms in total. The maximum Gasteiger partial charge on any atom is 0.127 e. The summed E-state index contributed by atoms with van der Waals surface area (Å²) in [5.74, 6) is -0.437. The fraction of sp³-hybridized carbons (Fsp3) is 0.250. The molecule has 3 heteroatoms. The van der Waals surface area contributed by atoms with Gasteiger partial charge in [0.2, 0.25) is 0 Å². The van der Waals surface area contributed by atoms with Gasteiger partial charge >= 0.3 is 0 Å². The van der Waals surface area contributed by atoms with Gasteiger partial charge in [-0.1, -0.05) is 30.3 Å². The third kappa shape index (κ3) is 3.38. The highest BCUT2D eigenvalue weighted by Crippen LogP contribution is 2.21. The van der Waals surface area contributed by atoms with Crippen LogP contribution in [0.15, 0.2) is 48.5 Å². The first-order chi connectivity index (χ1) is 9.08. The zero-order valence-electron chi connectivity index (χ0n) is 11.1. The van der Waals surface area contributed by atoms with E-state index in [9.17, 15) is 8.78 Å². The molecule has 2 aromatic rings. The molecule has 1 atom stereocenters. The van der Waals surface area contributed by atoms with E-state index in [1.807, 2.05) is 24.9 Å². The van der Waals surface area contributed by atoms with E-state index in [1.165, 1.54) is 18.2 Å². The number of hydrogen-bond donors (Lipinski definition) is 0. The van der Waals surface area contributed by atoms with E-state index in [2.05, 4.69) is 0 Å². The van der Waals surface area contributed by atoms with Crippen LogP contribution in [-0.4, -0.2) is 11.9 Å². The average molecular weight is 261 g/mol. The predicted molar refractivity (Wildman–Crippen MR) is 72.7 cm³/mol. The minimum absolute atomic E-state index is 0.0974. The topological polar surface area (TPSA) is 3.24 Å². The maximum atomic E-state index is 13.6. The van der Waals surface area contributed by atoms with E-state index in [4.69, 9.17) is 0 Å². The van der Waals surface area contributed by atoms with Crippen molar-refractivity contribution < 1.29 is 8.78 Å². The van der Waals surface area contributed by atoms with Gasteiger partial charge in [0.15, 0.2) is 0 Å². The second-order valence-corrected chi connectivity index (χ2v) is 4.73. The van der Waals surface area contributed by atoms with E-state index < -0.39 is 0 Å². The molecule has 0 bridgehead atoms. The fourth-order valence-electron chi connectivity index (χ4n) is 2.03. The van der Waals surface area contributed by atoms with Gasteiger partial charge < -0.3 is 0 Å². The summed E-state index contributed by atoms with van der Waals surface area (Å²) in [5.41, 5.74) is 1.68. The second kappa shape index (κ2) is 5.93. The summed E-state index contributed by atoms with van der Waals surface area (Å²) in [6.45, 7) is 2.54. The lowest BCUT2D eigenvalue weighted by atomic mass is 10.1. The Morgan fingerprint density at radius 1 is 1.00 bits per heavy atom. The van der Waals surface area contributed by atoms with Crippen LogP contribution >= 0.6 is 0 Å². The molecule has 0 N–H and O–H groups in total. The van der Waals surface area contributed by atoms with E-state index in [1.54, 1.807) is 24.3 Å². The molecule has 19 heavy (non-hydrogen) atoms. The lowest BCUT2D eigenvalue weighted by molar-refractivity contribution is 0.249. The van der Waals surface area contributed by atoms with Gasteiger partial charge in [0, 0.05) is 18.2 Å². The highest BCUT2D eigenvalue weighted by atomic mass is 19.1. The van der Waals surface area contributed by atoms with E-state index in [-0.39, 0.29) is 17.7 Å². The minimum Gasteiger partial charge on any atom is -0.295 e. The quantitative estimate of drug-likeness (QED) is 0.799. The van der Waals surface area contributed by atoms with Crippen molar-refractivity contribution in [2.24, 2.45) is 0 Å². The average Bonchev–Trinajstić information content (AvgIpc) is 2.41. The Kier molecular flexibility index (Phi) is 4.27. The second-order valence-electron chi connectivity index (χ2n) is 4.73. The number of hydrogen-bond acceptors (Lipinski definition) is 1. The molecule has 0 saturated carbocycles. The Hall–Kier alpha value is -1.74. The predicted octanol–water partition coefficient (Wildman–Crippen LogP) is 4.16. The Balaban J connectivity index is 2.09. The molecule has 0 aliphatic carbocycles. The Labute approximate surface area is 112 Å². The fourth-order valence-corrected chi connectivity index (χ4v) is 2.03. The third-order valence-electron chi connectivity index (χ3n) is 3.39. The van der Waals surface area contributed by atoms with Crippen molar-refractivity contribution in [2.75, 3.05) is 7.05 Å². The monoisotopic (exact) mass is 261 g/mol. The summed E-state index contributed by atoms with van der Waals surface area (Å²) in [6.07, 6.45) is 0.